The van der Waals surface area contributed by atoms with Crippen molar-refractivity contribution in [3.05, 3.63) is 18.5 Å². The van der Waals surface area contributed by atoms with Crippen molar-refractivity contribution in [2.24, 2.45) is 0 Å². The van der Waals surface area contributed by atoms with Crippen LogP contribution >= 0.6 is 7.14 Å². The molecule has 0 spiro atoms. The lowest BCUT2D eigenvalue weighted by Crippen LogP contribution is -1.97. The van der Waals surface area contributed by atoms with E-state index in [1.807, 2.05) is 0 Å². The lowest BCUT2D eigenvalue weighted by molar-refractivity contribution is 0.590. The summed E-state index contributed by atoms with van der Waals surface area (Å²) >= 11 is 0. The Kier molecular flexibility index (Phi) is 0.699. The van der Waals surface area contributed by atoms with E-state index in [4.69, 9.17) is 4.42 Å². The molecule has 4 nitrogen and oxygen atoms in total. The van der Waals surface area contributed by atoms with Crippen molar-refractivity contribution in [3.8, 4) is 11.6 Å². The van der Waals surface area contributed by atoms with E-state index >= 15 is 0 Å². The Bertz CT molecular complexity index is 579. The average molecular weight is 190 g/mol. The molecule has 0 aliphatic carbocycles. The highest BCUT2D eigenvalue weighted by atomic mass is 31.2. The number of nitrogens with zero attached hydrogens (tertiary/aromatic N) is 2. The molecule has 0 N–H and O–H groups in total. The molecule has 0 radical (unpaired) electrons. The van der Waals surface area contributed by atoms with Crippen LogP contribution in [0, 0.1) is 0 Å². The standard InChI is InChI=1S/C8H3N2O2P/c11-13-5-4(12-8(13)6(5)13)7-9-2-1-3-10-7/h1-3H. The quantitative estimate of drug-likeness (QED) is 0.396. The first-order chi connectivity index (χ1) is 6.33. The van der Waals surface area contributed by atoms with Gasteiger partial charge in [0.2, 0.25) is 7.14 Å². The van der Waals surface area contributed by atoms with Crippen LogP contribution in [0.1, 0.15) is 0 Å². The molecule has 0 saturated heterocycles. The van der Waals surface area contributed by atoms with Gasteiger partial charge in [-0.15, -0.1) is 0 Å². The maximum Gasteiger partial charge on any atom is 0.214 e. The van der Waals surface area contributed by atoms with Crippen LogP contribution in [0.15, 0.2) is 22.9 Å². The zero-order chi connectivity index (χ0) is 8.63. The van der Waals surface area contributed by atoms with Crippen LogP contribution in [-0.2, 0) is 4.57 Å². The van der Waals surface area contributed by atoms with Crippen LogP contribution in [-0.4, -0.2) is 9.97 Å². The largest absolute Gasteiger partial charge is 0.447 e. The molecule has 5 rings (SSSR count). The monoisotopic (exact) mass is 190 g/mol. The smallest absolute Gasteiger partial charge is 0.214 e. The van der Waals surface area contributed by atoms with Crippen LogP contribution in [0.25, 0.3) is 11.6 Å². The summed E-state index contributed by atoms with van der Waals surface area (Å²) in [5.41, 5.74) is 0.699. The molecule has 13 heavy (non-hydrogen) atoms. The maximum absolute atomic E-state index is 11.6. The lowest BCUT2D eigenvalue weighted by atomic mass is 10.4. The summed E-state index contributed by atoms with van der Waals surface area (Å²) in [6, 6.07) is 1.74. The summed E-state index contributed by atoms with van der Waals surface area (Å²) < 4.78 is 16.9. The van der Waals surface area contributed by atoms with E-state index in [9.17, 15) is 4.57 Å². The molecular formula is C8H3N2O2P. The summed E-state index contributed by atoms with van der Waals surface area (Å²) in [6.45, 7) is 0. The number of rotatable bonds is 1. The van der Waals surface area contributed by atoms with Crippen molar-refractivity contribution in [3.63, 3.8) is 0 Å². The lowest BCUT2D eigenvalue weighted by Gasteiger charge is -1.89. The highest BCUT2D eigenvalue weighted by molar-refractivity contribution is 8.06. The zero-order valence-corrected chi connectivity index (χ0v) is 7.28. The van der Waals surface area contributed by atoms with Crippen molar-refractivity contribution >= 4 is 23.3 Å². The van der Waals surface area contributed by atoms with Crippen molar-refractivity contribution < 1.29 is 8.98 Å². The van der Waals surface area contributed by atoms with Gasteiger partial charge in [-0.25, -0.2) is 9.97 Å². The second-order valence-electron chi connectivity index (χ2n) is 3.12. The summed E-state index contributed by atoms with van der Waals surface area (Å²) in [5, 5.41) is 1.84. The molecule has 5 heteroatoms. The molecule has 2 aromatic heterocycles. The average Bonchev–Trinajstić information content (AvgIpc) is 2.82. The number of aromatic nitrogens is 2. The fourth-order valence-corrected chi connectivity index (χ4v) is 4.14. The van der Waals surface area contributed by atoms with E-state index in [2.05, 4.69) is 9.97 Å². The Morgan fingerprint density at radius 2 is 1.92 bits per heavy atom. The van der Waals surface area contributed by atoms with Gasteiger partial charge in [-0.2, -0.15) is 0 Å². The first kappa shape index (κ1) is 6.11. The summed E-state index contributed by atoms with van der Waals surface area (Å²) in [4.78, 5) is 8.08. The van der Waals surface area contributed by atoms with Gasteiger partial charge >= 0.3 is 0 Å². The zero-order valence-electron chi connectivity index (χ0n) is 6.39. The molecule has 3 aliphatic rings. The number of furan rings is 1. The Morgan fingerprint density at radius 1 is 1.23 bits per heavy atom. The molecule has 1 atom stereocenters. The van der Waals surface area contributed by atoms with E-state index < -0.39 is 7.14 Å². The van der Waals surface area contributed by atoms with Crippen LogP contribution in [0.4, 0.5) is 0 Å². The van der Waals surface area contributed by atoms with E-state index in [1.165, 1.54) is 0 Å². The number of fused-ring (bicyclic) bond motifs is 1. The van der Waals surface area contributed by atoms with Crippen LogP contribution in [0.3, 0.4) is 0 Å². The van der Waals surface area contributed by atoms with E-state index in [0.717, 1.165) is 10.6 Å². The third-order valence-corrected chi connectivity index (χ3v) is 4.98. The Hall–Kier alpha value is -1.41. The minimum absolute atomic E-state index is 0.542. The van der Waals surface area contributed by atoms with Crippen LogP contribution in [0.5, 0.6) is 0 Å². The van der Waals surface area contributed by atoms with Gasteiger partial charge in [0.15, 0.2) is 17.1 Å². The fraction of sp³-hybridized carbons (Fsp3) is 0. The highest BCUT2D eigenvalue weighted by Crippen LogP contribution is 2.69. The Labute approximate surface area is 73.0 Å². The summed E-state index contributed by atoms with van der Waals surface area (Å²) in [5.74, 6) is 1.16. The predicted octanol–water partition coefficient (Wildman–Crippen LogP) is 0.00280. The molecule has 2 aromatic rings. The Balaban J connectivity index is 2.00. The van der Waals surface area contributed by atoms with Crippen molar-refractivity contribution in [2.75, 3.05) is 0 Å². The normalized spacial score (nSPS) is 25.5. The second kappa shape index (κ2) is 1.49. The molecule has 5 heterocycles. The predicted molar refractivity (Wildman–Crippen MR) is 46.2 cm³/mol. The van der Waals surface area contributed by atoms with Crippen LogP contribution < -0.4 is 16.1 Å². The third-order valence-electron chi connectivity index (χ3n) is 2.43. The molecule has 0 aromatic carbocycles. The highest BCUT2D eigenvalue weighted by Gasteiger charge is 2.75. The number of hydrogen-bond acceptors (Lipinski definition) is 4. The van der Waals surface area contributed by atoms with Gasteiger partial charge in [0.05, 0.1) is 10.6 Å². The van der Waals surface area contributed by atoms with Gasteiger partial charge in [0.1, 0.15) is 0 Å². The van der Waals surface area contributed by atoms with E-state index in [-0.39, 0.29) is 0 Å². The molecule has 0 saturated carbocycles. The molecular weight excluding hydrogens is 187 g/mol. The molecule has 1 unspecified atom stereocenters. The topological polar surface area (TPSA) is 56.0 Å². The minimum Gasteiger partial charge on any atom is -0.447 e. The first-order valence-corrected chi connectivity index (χ1v) is 5.60. The molecule has 62 valence electrons. The van der Waals surface area contributed by atoms with Crippen LogP contribution in [0.2, 0.25) is 0 Å². The number of hydrogen-bond donors (Lipinski definition) is 0. The van der Waals surface area contributed by atoms with Gasteiger partial charge in [0.25, 0.3) is 0 Å². The van der Waals surface area contributed by atoms with Gasteiger partial charge in [-0.3, -0.25) is 0 Å². The second-order valence-corrected chi connectivity index (χ2v) is 5.63. The summed E-state index contributed by atoms with van der Waals surface area (Å²) in [7, 11) is -2.10. The van der Waals surface area contributed by atoms with Gasteiger partial charge in [-0.1, -0.05) is 0 Å². The fourth-order valence-electron chi connectivity index (χ4n) is 1.67. The van der Waals surface area contributed by atoms with Crippen molar-refractivity contribution in [2.45, 2.75) is 0 Å². The van der Waals surface area contributed by atoms with Gasteiger partial charge in [0, 0.05) is 12.4 Å². The maximum atomic E-state index is 11.6. The molecule has 0 fully saturated rings. The first-order valence-electron chi connectivity index (χ1n) is 3.89. The van der Waals surface area contributed by atoms with Crippen molar-refractivity contribution in [1.29, 1.82) is 0 Å². The van der Waals surface area contributed by atoms with E-state index in [0.29, 0.717) is 17.1 Å². The van der Waals surface area contributed by atoms with E-state index in [1.54, 1.807) is 18.5 Å². The molecule has 3 aliphatic heterocycles. The Morgan fingerprint density at radius 3 is 2.46 bits per heavy atom. The summed E-state index contributed by atoms with van der Waals surface area (Å²) in [6.07, 6.45) is 3.30. The van der Waals surface area contributed by atoms with Crippen molar-refractivity contribution in [1.82, 2.24) is 9.97 Å². The molecule has 2 bridgehead atoms. The van der Waals surface area contributed by atoms with Gasteiger partial charge in [-0.05, 0) is 6.07 Å². The minimum atomic E-state index is -2.10. The third kappa shape index (κ3) is 0.474. The van der Waals surface area contributed by atoms with Gasteiger partial charge < -0.3 is 8.98 Å². The molecule has 0 amide bonds. The SMILES string of the molecule is O=P12c3oc(-c4ncccn4)c1c32.